The molecule has 1 aliphatic heterocycles. The number of ether oxygens (including phenoxy) is 1. The molecular weight excluding hydrogens is 306 g/mol. The first kappa shape index (κ1) is 18.1. The van der Waals surface area contributed by atoms with E-state index >= 15 is 0 Å². The van der Waals surface area contributed by atoms with Gasteiger partial charge in [-0.3, -0.25) is 0 Å². The van der Waals surface area contributed by atoms with E-state index in [9.17, 15) is 0 Å². The molecule has 1 N–H and O–H groups in total. The van der Waals surface area contributed by atoms with Crippen LogP contribution >= 0.6 is 11.8 Å². The van der Waals surface area contributed by atoms with Crippen LogP contribution in [0.25, 0.3) is 0 Å². The van der Waals surface area contributed by atoms with Crippen molar-refractivity contribution in [3.8, 4) is 0 Å². The highest BCUT2D eigenvalue weighted by Gasteiger charge is 2.21. The third-order valence-corrected chi connectivity index (χ3v) is 5.42. The molecule has 128 valence electrons. The van der Waals surface area contributed by atoms with E-state index in [2.05, 4.69) is 60.1 Å². The molecule has 0 bridgehead atoms. The summed E-state index contributed by atoms with van der Waals surface area (Å²) in [5, 5.41) is 4.17. The van der Waals surface area contributed by atoms with Gasteiger partial charge in [0.25, 0.3) is 0 Å². The van der Waals surface area contributed by atoms with Crippen molar-refractivity contribution in [1.29, 1.82) is 0 Å². The Morgan fingerprint density at radius 1 is 1.35 bits per heavy atom. The minimum absolute atomic E-state index is 0.639. The fourth-order valence-corrected chi connectivity index (χ4v) is 3.93. The maximum absolute atomic E-state index is 5.29. The number of nitrogens with one attached hydrogen (secondary N) is 1. The molecule has 1 fully saturated rings. The van der Waals surface area contributed by atoms with Crippen LogP contribution in [0.4, 0.5) is 0 Å². The lowest BCUT2D eigenvalue weighted by molar-refractivity contribution is 0.184. The second-order valence-electron chi connectivity index (χ2n) is 5.72. The van der Waals surface area contributed by atoms with E-state index < -0.39 is 0 Å². The van der Waals surface area contributed by atoms with Crippen LogP contribution in [-0.2, 0) is 17.9 Å². The summed E-state index contributed by atoms with van der Waals surface area (Å²) in [5.41, 5.74) is 2.46. The van der Waals surface area contributed by atoms with E-state index in [0.29, 0.717) is 18.4 Å². The highest BCUT2D eigenvalue weighted by molar-refractivity contribution is 8.00. The maximum Gasteiger partial charge on any atom is 0.194 e. The summed E-state index contributed by atoms with van der Waals surface area (Å²) >= 11 is 2.08. The minimum Gasteiger partial charge on any atom is -0.380 e. The Morgan fingerprint density at radius 3 is 2.83 bits per heavy atom. The Hall–Kier alpha value is -1.20. The number of methoxy groups -OCH3 is 1. The Labute approximate surface area is 144 Å². The number of thioether (sulfide) groups is 1. The second kappa shape index (κ2) is 9.83. The van der Waals surface area contributed by atoms with Crippen molar-refractivity contribution >= 4 is 17.7 Å². The zero-order valence-corrected chi connectivity index (χ0v) is 15.4. The summed E-state index contributed by atoms with van der Waals surface area (Å²) in [7, 11) is 1.74. The topological polar surface area (TPSA) is 36.9 Å². The Kier molecular flexibility index (Phi) is 7.76. The van der Waals surface area contributed by atoms with Gasteiger partial charge in [0.2, 0.25) is 0 Å². The van der Waals surface area contributed by atoms with Crippen molar-refractivity contribution in [2.45, 2.75) is 38.7 Å². The van der Waals surface area contributed by atoms with Crippen LogP contribution in [0.3, 0.4) is 0 Å². The Bertz CT molecular complexity index is 507. The molecule has 1 aromatic rings. The molecule has 0 amide bonds. The molecular formula is C18H29N3OS. The summed E-state index contributed by atoms with van der Waals surface area (Å²) in [6.07, 6.45) is 1.22. The molecule has 0 radical (unpaired) electrons. The number of benzene rings is 1. The summed E-state index contributed by atoms with van der Waals surface area (Å²) < 4.78 is 5.29. The third kappa shape index (κ3) is 5.43. The Morgan fingerprint density at radius 2 is 2.13 bits per heavy atom. The molecule has 1 saturated heterocycles. The quantitative estimate of drug-likeness (QED) is 0.640. The molecule has 2 rings (SSSR count). The molecule has 1 heterocycles. The zero-order valence-electron chi connectivity index (χ0n) is 14.5. The van der Waals surface area contributed by atoms with Crippen molar-refractivity contribution < 1.29 is 4.74 Å². The van der Waals surface area contributed by atoms with Gasteiger partial charge in [-0.1, -0.05) is 31.2 Å². The summed E-state index contributed by atoms with van der Waals surface area (Å²) in [6, 6.07) is 8.39. The molecule has 4 nitrogen and oxygen atoms in total. The number of nitrogens with zero attached hydrogens (tertiary/aromatic N) is 2. The van der Waals surface area contributed by atoms with Gasteiger partial charge in [0.1, 0.15) is 0 Å². The average Bonchev–Trinajstić information content (AvgIpc) is 2.60. The lowest BCUT2D eigenvalue weighted by Crippen LogP contribution is -2.48. The predicted molar refractivity (Wildman–Crippen MR) is 100 cm³/mol. The van der Waals surface area contributed by atoms with Crippen molar-refractivity contribution in [3.63, 3.8) is 0 Å². The SMILES string of the molecule is CCNC(=NCc1ccccc1COC)N1CCSC(CC)C1. The van der Waals surface area contributed by atoms with E-state index in [1.807, 2.05) is 0 Å². The van der Waals surface area contributed by atoms with Crippen LogP contribution in [0.2, 0.25) is 0 Å². The van der Waals surface area contributed by atoms with Gasteiger partial charge in [0, 0.05) is 37.7 Å². The van der Waals surface area contributed by atoms with E-state index in [-0.39, 0.29) is 0 Å². The molecule has 0 saturated carbocycles. The molecule has 1 aromatic carbocycles. The van der Waals surface area contributed by atoms with Gasteiger partial charge in [0.05, 0.1) is 13.2 Å². The van der Waals surface area contributed by atoms with Gasteiger partial charge in [-0.25, -0.2) is 4.99 Å². The number of guanidine groups is 1. The van der Waals surface area contributed by atoms with Crippen LogP contribution in [0.5, 0.6) is 0 Å². The maximum atomic E-state index is 5.29. The first-order chi connectivity index (χ1) is 11.3. The summed E-state index contributed by atoms with van der Waals surface area (Å²) in [4.78, 5) is 7.30. The largest absolute Gasteiger partial charge is 0.380 e. The van der Waals surface area contributed by atoms with Gasteiger partial charge in [-0.15, -0.1) is 0 Å². The summed E-state index contributed by atoms with van der Waals surface area (Å²) in [5.74, 6) is 2.22. The zero-order chi connectivity index (χ0) is 16.5. The van der Waals surface area contributed by atoms with Crippen molar-refractivity contribution in [1.82, 2.24) is 10.2 Å². The first-order valence-corrected chi connectivity index (χ1v) is 9.53. The van der Waals surface area contributed by atoms with Crippen molar-refractivity contribution in [2.24, 2.45) is 4.99 Å². The molecule has 5 heteroatoms. The Balaban J connectivity index is 2.09. The van der Waals surface area contributed by atoms with Crippen molar-refractivity contribution in [2.75, 3.05) is 32.5 Å². The smallest absolute Gasteiger partial charge is 0.194 e. The van der Waals surface area contributed by atoms with Crippen LogP contribution in [0.1, 0.15) is 31.4 Å². The first-order valence-electron chi connectivity index (χ1n) is 8.49. The molecule has 1 unspecified atom stereocenters. The van der Waals surface area contributed by atoms with E-state index in [1.54, 1.807) is 7.11 Å². The van der Waals surface area contributed by atoms with Crippen LogP contribution in [-0.4, -0.2) is 48.6 Å². The fraction of sp³-hybridized carbons (Fsp3) is 0.611. The van der Waals surface area contributed by atoms with Crippen molar-refractivity contribution in [3.05, 3.63) is 35.4 Å². The van der Waals surface area contributed by atoms with Gasteiger partial charge < -0.3 is 15.0 Å². The van der Waals surface area contributed by atoms with Crippen LogP contribution in [0, 0.1) is 0 Å². The molecule has 0 aromatic heterocycles. The normalized spacial score (nSPS) is 19.0. The van der Waals surface area contributed by atoms with Crippen LogP contribution < -0.4 is 5.32 Å². The average molecular weight is 336 g/mol. The number of hydrogen-bond donors (Lipinski definition) is 1. The highest BCUT2D eigenvalue weighted by atomic mass is 32.2. The van der Waals surface area contributed by atoms with Gasteiger partial charge in [-0.2, -0.15) is 11.8 Å². The fourth-order valence-electron chi connectivity index (χ4n) is 2.75. The van der Waals surface area contributed by atoms with Crippen LogP contribution in [0.15, 0.2) is 29.3 Å². The predicted octanol–water partition coefficient (Wildman–Crippen LogP) is 3.13. The highest BCUT2D eigenvalue weighted by Crippen LogP contribution is 2.21. The number of hydrogen-bond acceptors (Lipinski definition) is 3. The van der Waals surface area contributed by atoms with Gasteiger partial charge in [-0.05, 0) is 24.5 Å². The standard InChI is InChI=1S/C18H29N3OS/c1-4-17-13-21(10-11-23-17)18(19-5-2)20-12-15-8-6-7-9-16(15)14-22-3/h6-9,17H,4-5,10-14H2,1-3H3,(H,19,20). The molecule has 1 aliphatic rings. The van der Waals surface area contributed by atoms with Gasteiger partial charge >= 0.3 is 0 Å². The summed E-state index contributed by atoms with van der Waals surface area (Å²) in [6.45, 7) is 8.80. The molecule has 0 aliphatic carbocycles. The molecule has 0 spiro atoms. The van der Waals surface area contributed by atoms with Gasteiger partial charge in [0.15, 0.2) is 5.96 Å². The van der Waals surface area contributed by atoms with E-state index in [4.69, 9.17) is 9.73 Å². The lowest BCUT2D eigenvalue weighted by Gasteiger charge is -2.34. The molecule has 1 atom stereocenters. The minimum atomic E-state index is 0.639. The monoisotopic (exact) mass is 335 g/mol. The number of rotatable bonds is 6. The van der Waals surface area contributed by atoms with E-state index in [1.165, 1.54) is 23.3 Å². The second-order valence-corrected chi connectivity index (χ2v) is 7.13. The third-order valence-electron chi connectivity index (χ3n) is 4.05. The lowest BCUT2D eigenvalue weighted by atomic mass is 10.1. The molecule has 23 heavy (non-hydrogen) atoms. The number of aliphatic imine (C=N–C) groups is 1. The van der Waals surface area contributed by atoms with E-state index in [0.717, 1.165) is 25.6 Å².